The molecule has 1 heterocycles. The third-order valence-corrected chi connectivity index (χ3v) is 4.71. The van der Waals surface area contributed by atoms with E-state index in [4.69, 9.17) is 17.3 Å². The van der Waals surface area contributed by atoms with Crippen molar-refractivity contribution in [2.24, 2.45) is 0 Å². The number of hydrogen-bond acceptors (Lipinski definition) is 5. The van der Waals surface area contributed by atoms with Crippen LogP contribution in [0.25, 0.3) is 11.3 Å². The van der Waals surface area contributed by atoms with Gasteiger partial charge < -0.3 is 15.6 Å². The van der Waals surface area contributed by atoms with Crippen LogP contribution >= 0.6 is 11.6 Å². The topological polar surface area (TPSA) is 108 Å². The Morgan fingerprint density at radius 3 is 2.67 bits per heavy atom. The lowest BCUT2D eigenvalue weighted by Crippen LogP contribution is -2.14. The van der Waals surface area contributed by atoms with Crippen LogP contribution in [0.3, 0.4) is 0 Å². The standard InChI is InChI=1S/C19H16ClN3O3S/c20-16-7-5-13(10-15(16)18-3-1-2-8-22-18)23-19(24)14-6-4-12(9-17(14)21)11-27(25)26/h1-10H,11,21H2,(H,23,24)(H,25,26)/p-1. The van der Waals surface area contributed by atoms with E-state index in [1.54, 1.807) is 36.5 Å². The van der Waals surface area contributed by atoms with Gasteiger partial charge in [-0.15, -0.1) is 0 Å². The minimum absolute atomic E-state index is 0.156. The molecule has 27 heavy (non-hydrogen) atoms. The highest BCUT2D eigenvalue weighted by Crippen LogP contribution is 2.29. The number of nitrogen functional groups attached to an aromatic ring is 1. The van der Waals surface area contributed by atoms with Crippen molar-refractivity contribution in [2.75, 3.05) is 11.1 Å². The van der Waals surface area contributed by atoms with E-state index < -0.39 is 17.0 Å². The lowest BCUT2D eigenvalue weighted by molar-refractivity contribution is 0.102. The summed E-state index contributed by atoms with van der Waals surface area (Å²) in [6.07, 6.45) is 1.66. The van der Waals surface area contributed by atoms with E-state index in [1.165, 1.54) is 12.1 Å². The zero-order chi connectivity index (χ0) is 19.4. The summed E-state index contributed by atoms with van der Waals surface area (Å²) in [4.78, 5) is 16.8. The van der Waals surface area contributed by atoms with Crippen molar-refractivity contribution < 1.29 is 13.6 Å². The summed E-state index contributed by atoms with van der Waals surface area (Å²) >= 11 is 4.02. The van der Waals surface area contributed by atoms with Gasteiger partial charge in [-0.1, -0.05) is 34.8 Å². The summed E-state index contributed by atoms with van der Waals surface area (Å²) in [7, 11) is 0. The summed E-state index contributed by atoms with van der Waals surface area (Å²) < 4.78 is 21.6. The van der Waals surface area contributed by atoms with Crippen LogP contribution in [0.5, 0.6) is 0 Å². The van der Waals surface area contributed by atoms with Crippen molar-refractivity contribution >= 4 is 40.0 Å². The van der Waals surface area contributed by atoms with Crippen LogP contribution in [0.4, 0.5) is 11.4 Å². The number of rotatable bonds is 5. The van der Waals surface area contributed by atoms with Gasteiger partial charge in [0.25, 0.3) is 5.91 Å². The number of anilines is 2. The molecule has 0 radical (unpaired) electrons. The summed E-state index contributed by atoms with van der Waals surface area (Å²) in [5.41, 5.74) is 8.79. The van der Waals surface area contributed by atoms with E-state index in [9.17, 15) is 13.6 Å². The molecule has 6 nitrogen and oxygen atoms in total. The number of hydrogen-bond donors (Lipinski definition) is 2. The third-order valence-electron chi connectivity index (χ3n) is 3.81. The van der Waals surface area contributed by atoms with Gasteiger partial charge in [-0.05, 0) is 48.0 Å². The minimum Gasteiger partial charge on any atom is -0.772 e. The van der Waals surface area contributed by atoms with Gasteiger partial charge in [-0.25, -0.2) is 0 Å². The molecule has 3 rings (SSSR count). The van der Waals surface area contributed by atoms with E-state index >= 15 is 0 Å². The van der Waals surface area contributed by atoms with Crippen molar-refractivity contribution in [2.45, 2.75) is 5.75 Å². The third kappa shape index (κ3) is 4.71. The van der Waals surface area contributed by atoms with Crippen molar-refractivity contribution in [3.05, 3.63) is 76.9 Å². The predicted molar refractivity (Wildman–Crippen MR) is 106 cm³/mol. The molecule has 0 saturated heterocycles. The second kappa shape index (κ2) is 8.30. The Kier molecular flexibility index (Phi) is 5.85. The summed E-state index contributed by atoms with van der Waals surface area (Å²) in [6, 6.07) is 15.1. The van der Waals surface area contributed by atoms with Gasteiger partial charge in [0, 0.05) is 28.9 Å². The Morgan fingerprint density at radius 1 is 1.19 bits per heavy atom. The molecule has 1 unspecified atom stereocenters. The smallest absolute Gasteiger partial charge is 0.257 e. The molecule has 0 fully saturated rings. The van der Waals surface area contributed by atoms with Crippen LogP contribution in [0, 0.1) is 0 Å². The zero-order valence-corrected chi connectivity index (χ0v) is 15.6. The average Bonchev–Trinajstić information content (AvgIpc) is 2.63. The minimum atomic E-state index is -2.22. The molecule has 3 aromatic rings. The maximum Gasteiger partial charge on any atom is 0.257 e. The number of aromatic nitrogens is 1. The van der Waals surface area contributed by atoms with Gasteiger partial charge in [0.2, 0.25) is 0 Å². The van der Waals surface area contributed by atoms with Crippen LogP contribution in [-0.2, 0) is 16.8 Å². The van der Waals surface area contributed by atoms with E-state index in [1.807, 2.05) is 12.1 Å². The maximum atomic E-state index is 12.5. The first kappa shape index (κ1) is 19.0. The Balaban J connectivity index is 1.83. The van der Waals surface area contributed by atoms with Crippen LogP contribution in [0.15, 0.2) is 60.8 Å². The molecule has 0 spiro atoms. The van der Waals surface area contributed by atoms with Gasteiger partial charge in [0.1, 0.15) is 0 Å². The molecule has 0 bridgehead atoms. The number of carbonyl (C=O) groups excluding carboxylic acids is 1. The normalized spacial score (nSPS) is 11.8. The first-order chi connectivity index (χ1) is 12.9. The molecule has 0 saturated carbocycles. The molecule has 1 aromatic heterocycles. The molecule has 138 valence electrons. The SMILES string of the molecule is Nc1cc(CS(=O)[O-])ccc1C(=O)Nc1ccc(Cl)c(-c2ccccn2)c1. The molecule has 0 aliphatic carbocycles. The number of nitrogens with one attached hydrogen (secondary N) is 1. The number of nitrogens with zero attached hydrogens (tertiary/aromatic N) is 1. The molecule has 1 amide bonds. The predicted octanol–water partition coefficient (Wildman–Crippen LogP) is 3.62. The Bertz CT molecular complexity index is 1010. The first-order valence-corrected chi connectivity index (χ1v) is 9.53. The molecule has 2 aromatic carbocycles. The number of nitrogens with two attached hydrogens (primary N) is 1. The fraction of sp³-hybridized carbons (Fsp3) is 0.0526. The molecule has 1 atom stereocenters. The molecule has 8 heteroatoms. The highest BCUT2D eigenvalue weighted by atomic mass is 35.5. The quantitative estimate of drug-likeness (QED) is 0.502. The van der Waals surface area contributed by atoms with Crippen molar-refractivity contribution in [1.29, 1.82) is 0 Å². The second-order valence-corrected chi connectivity index (χ2v) is 7.04. The van der Waals surface area contributed by atoms with Gasteiger partial charge in [0.15, 0.2) is 0 Å². The van der Waals surface area contributed by atoms with Crippen LogP contribution in [0.2, 0.25) is 5.02 Å². The lowest BCUT2D eigenvalue weighted by atomic mass is 10.1. The summed E-state index contributed by atoms with van der Waals surface area (Å²) in [5.74, 6) is -0.562. The molecule has 3 N–H and O–H groups in total. The van der Waals surface area contributed by atoms with Crippen LogP contribution < -0.4 is 11.1 Å². The maximum absolute atomic E-state index is 12.5. The van der Waals surface area contributed by atoms with Crippen molar-refractivity contribution in [3.8, 4) is 11.3 Å². The Hall–Kier alpha value is -2.74. The lowest BCUT2D eigenvalue weighted by Gasteiger charge is -2.12. The average molecular weight is 401 g/mol. The second-order valence-electron chi connectivity index (χ2n) is 5.73. The van der Waals surface area contributed by atoms with Crippen LogP contribution in [-0.4, -0.2) is 19.7 Å². The first-order valence-electron chi connectivity index (χ1n) is 7.90. The Labute approximate surface area is 163 Å². The molecular weight excluding hydrogens is 386 g/mol. The number of halogens is 1. The van der Waals surface area contributed by atoms with Gasteiger partial charge in [-0.3, -0.25) is 14.0 Å². The highest BCUT2D eigenvalue weighted by molar-refractivity contribution is 7.78. The molecule has 0 aliphatic heterocycles. The van der Waals surface area contributed by atoms with Crippen molar-refractivity contribution in [3.63, 3.8) is 0 Å². The van der Waals surface area contributed by atoms with E-state index in [0.717, 1.165) is 0 Å². The van der Waals surface area contributed by atoms with Crippen molar-refractivity contribution in [1.82, 2.24) is 4.98 Å². The van der Waals surface area contributed by atoms with Gasteiger partial charge in [-0.2, -0.15) is 0 Å². The fourth-order valence-electron chi connectivity index (χ4n) is 2.56. The van der Waals surface area contributed by atoms with Gasteiger partial charge in [0.05, 0.1) is 16.3 Å². The van der Waals surface area contributed by atoms with E-state index in [2.05, 4.69) is 10.3 Å². The molecular formula is C19H15ClN3O3S-. The van der Waals surface area contributed by atoms with Crippen LogP contribution in [0.1, 0.15) is 15.9 Å². The van der Waals surface area contributed by atoms with Gasteiger partial charge >= 0.3 is 0 Å². The Morgan fingerprint density at radius 2 is 2.00 bits per heavy atom. The number of carbonyl (C=O) groups is 1. The zero-order valence-electron chi connectivity index (χ0n) is 14.0. The number of pyridine rings is 1. The monoisotopic (exact) mass is 400 g/mol. The summed E-state index contributed by atoms with van der Waals surface area (Å²) in [6.45, 7) is 0. The van der Waals surface area contributed by atoms with E-state index in [-0.39, 0.29) is 17.0 Å². The largest absolute Gasteiger partial charge is 0.772 e. The van der Waals surface area contributed by atoms with E-state index in [0.29, 0.717) is 27.5 Å². The number of benzene rings is 2. The summed E-state index contributed by atoms with van der Waals surface area (Å²) in [5, 5.41) is 3.28. The fourth-order valence-corrected chi connectivity index (χ4v) is 3.23. The molecule has 0 aliphatic rings. The number of amides is 1. The highest BCUT2D eigenvalue weighted by Gasteiger charge is 2.12.